The molecule has 1 aliphatic carbocycles. The third kappa shape index (κ3) is 7.43. The van der Waals surface area contributed by atoms with Gasteiger partial charge in [0.1, 0.15) is 0 Å². The molecule has 1 unspecified atom stereocenters. The van der Waals surface area contributed by atoms with Gasteiger partial charge in [0.05, 0.1) is 5.60 Å². The maximum atomic E-state index is 11.8. The molecule has 0 aromatic heterocycles. The van der Waals surface area contributed by atoms with Gasteiger partial charge in [-0.05, 0) is 19.8 Å². The van der Waals surface area contributed by atoms with Crippen LogP contribution in [0, 0.1) is 5.92 Å². The Balaban J connectivity index is 2.11. The molecule has 1 atom stereocenters. The van der Waals surface area contributed by atoms with Crippen LogP contribution in [0.25, 0.3) is 0 Å². The van der Waals surface area contributed by atoms with Crippen LogP contribution in [0.2, 0.25) is 0 Å². The predicted molar refractivity (Wildman–Crippen MR) is 79.7 cm³/mol. The molecule has 1 fully saturated rings. The molecule has 0 spiro atoms. The van der Waals surface area contributed by atoms with Gasteiger partial charge in [0, 0.05) is 45.6 Å². The lowest BCUT2D eigenvalue weighted by Gasteiger charge is -2.23. The van der Waals surface area contributed by atoms with Crippen LogP contribution < -0.4 is 10.6 Å². The van der Waals surface area contributed by atoms with Crippen molar-refractivity contribution < 1.29 is 19.4 Å². The molecule has 0 aromatic rings. The van der Waals surface area contributed by atoms with Crippen LogP contribution in [0.4, 0.5) is 0 Å². The Morgan fingerprint density at radius 3 is 2.57 bits per heavy atom. The summed E-state index contributed by atoms with van der Waals surface area (Å²) < 4.78 is 4.90. The van der Waals surface area contributed by atoms with Crippen LogP contribution in [-0.4, -0.2) is 49.3 Å². The van der Waals surface area contributed by atoms with Crippen LogP contribution in [0.15, 0.2) is 0 Å². The van der Waals surface area contributed by atoms with Gasteiger partial charge in [0.2, 0.25) is 11.8 Å². The minimum atomic E-state index is -0.973. The first-order valence-electron chi connectivity index (χ1n) is 7.70. The summed E-state index contributed by atoms with van der Waals surface area (Å²) >= 11 is 0. The fraction of sp³-hybridized carbons (Fsp3) is 0.867. The van der Waals surface area contributed by atoms with Gasteiger partial charge in [0.15, 0.2) is 0 Å². The molecule has 6 nitrogen and oxygen atoms in total. The lowest BCUT2D eigenvalue weighted by Crippen LogP contribution is -2.42. The normalized spacial score (nSPS) is 18.2. The number of carbonyl (C=O) groups is 2. The van der Waals surface area contributed by atoms with E-state index in [1.807, 2.05) is 0 Å². The molecule has 21 heavy (non-hydrogen) atoms. The average Bonchev–Trinajstić information content (AvgIpc) is 2.97. The summed E-state index contributed by atoms with van der Waals surface area (Å²) in [6.07, 6.45) is 4.85. The standard InChI is InChI=1S/C15H28N2O4/c1-15(20,8-10-21-2)11-17-13(18)7-9-16-14(19)12-5-3-4-6-12/h12,20H,3-11H2,1-2H3,(H,16,19)(H,17,18). The van der Waals surface area contributed by atoms with E-state index in [9.17, 15) is 14.7 Å². The Hall–Kier alpha value is -1.14. The molecule has 0 saturated heterocycles. The van der Waals surface area contributed by atoms with Gasteiger partial charge in [-0.3, -0.25) is 9.59 Å². The third-order valence-electron chi connectivity index (χ3n) is 3.89. The molecule has 0 aliphatic heterocycles. The van der Waals surface area contributed by atoms with Crippen LogP contribution >= 0.6 is 0 Å². The van der Waals surface area contributed by atoms with Gasteiger partial charge in [-0.15, -0.1) is 0 Å². The van der Waals surface area contributed by atoms with Crippen LogP contribution in [0.5, 0.6) is 0 Å². The summed E-state index contributed by atoms with van der Waals surface area (Å²) in [5.41, 5.74) is -0.973. The fourth-order valence-corrected chi connectivity index (χ4v) is 2.42. The highest BCUT2D eigenvalue weighted by atomic mass is 16.5. The molecule has 0 bridgehead atoms. The van der Waals surface area contributed by atoms with Crippen molar-refractivity contribution in [1.29, 1.82) is 0 Å². The van der Waals surface area contributed by atoms with E-state index in [1.54, 1.807) is 14.0 Å². The Kier molecular flexibility index (Phi) is 7.67. The molecule has 1 rings (SSSR count). The zero-order valence-corrected chi connectivity index (χ0v) is 13.1. The van der Waals surface area contributed by atoms with E-state index in [1.165, 1.54) is 0 Å². The molecular formula is C15H28N2O4. The molecule has 0 aromatic carbocycles. The highest BCUT2D eigenvalue weighted by Crippen LogP contribution is 2.24. The second kappa shape index (κ2) is 9.00. The summed E-state index contributed by atoms with van der Waals surface area (Å²) in [6, 6.07) is 0. The van der Waals surface area contributed by atoms with Gasteiger partial charge >= 0.3 is 0 Å². The minimum Gasteiger partial charge on any atom is -0.388 e. The summed E-state index contributed by atoms with van der Waals surface area (Å²) in [6.45, 7) is 2.64. The molecular weight excluding hydrogens is 272 g/mol. The van der Waals surface area contributed by atoms with Crippen LogP contribution in [0.1, 0.15) is 45.4 Å². The zero-order valence-electron chi connectivity index (χ0n) is 13.1. The second-order valence-corrected chi connectivity index (χ2v) is 6.04. The highest BCUT2D eigenvalue weighted by Gasteiger charge is 2.23. The van der Waals surface area contributed by atoms with Crippen LogP contribution in [-0.2, 0) is 14.3 Å². The van der Waals surface area contributed by atoms with Crippen molar-refractivity contribution in [3.8, 4) is 0 Å². The first-order chi connectivity index (χ1) is 9.94. The lowest BCUT2D eigenvalue weighted by molar-refractivity contribution is -0.125. The molecule has 0 radical (unpaired) electrons. The van der Waals surface area contributed by atoms with Crippen molar-refractivity contribution in [2.75, 3.05) is 26.8 Å². The number of hydrogen-bond acceptors (Lipinski definition) is 4. The van der Waals surface area contributed by atoms with E-state index in [2.05, 4.69) is 10.6 Å². The Morgan fingerprint density at radius 2 is 1.95 bits per heavy atom. The molecule has 0 heterocycles. The number of carbonyl (C=O) groups excluding carboxylic acids is 2. The predicted octanol–water partition coefficient (Wildman–Crippen LogP) is 0.587. The zero-order chi connectivity index (χ0) is 15.7. The van der Waals surface area contributed by atoms with Crippen molar-refractivity contribution in [3.63, 3.8) is 0 Å². The van der Waals surface area contributed by atoms with Crippen LogP contribution in [0.3, 0.4) is 0 Å². The Labute approximate surface area is 126 Å². The minimum absolute atomic E-state index is 0.0624. The highest BCUT2D eigenvalue weighted by molar-refractivity contribution is 5.80. The number of rotatable bonds is 9. The Bertz CT molecular complexity index is 339. The topological polar surface area (TPSA) is 87.7 Å². The molecule has 3 N–H and O–H groups in total. The fourth-order valence-electron chi connectivity index (χ4n) is 2.42. The lowest BCUT2D eigenvalue weighted by atomic mass is 10.0. The van der Waals surface area contributed by atoms with E-state index in [0.29, 0.717) is 19.6 Å². The van der Waals surface area contributed by atoms with Gasteiger partial charge in [0.25, 0.3) is 0 Å². The third-order valence-corrected chi connectivity index (χ3v) is 3.89. The summed E-state index contributed by atoms with van der Waals surface area (Å²) in [7, 11) is 1.57. The van der Waals surface area contributed by atoms with Gasteiger partial charge in [-0.25, -0.2) is 0 Å². The van der Waals surface area contributed by atoms with E-state index >= 15 is 0 Å². The van der Waals surface area contributed by atoms with Crippen molar-refractivity contribution in [2.45, 2.75) is 51.0 Å². The second-order valence-electron chi connectivity index (χ2n) is 6.04. The number of aliphatic hydroxyl groups is 1. The smallest absolute Gasteiger partial charge is 0.223 e. The first-order valence-corrected chi connectivity index (χ1v) is 7.70. The SMILES string of the molecule is COCCC(C)(O)CNC(=O)CCNC(=O)C1CCCC1. The van der Waals surface area contributed by atoms with E-state index in [-0.39, 0.29) is 30.7 Å². The maximum absolute atomic E-state index is 11.8. The van der Waals surface area contributed by atoms with E-state index < -0.39 is 5.60 Å². The largest absolute Gasteiger partial charge is 0.388 e. The molecule has 1 saturated carbocycles. The van der Waals surface area contributed by atoms with Crippen molar-refractivity contribution in [1.82, 2.24) is 10.6 Å². The van der Waals surface area contributed by atoms with Gasteiger partial charge < -0.3 is 20.5 Å². The van der Waals surface area contributed by atoms with E-state index in [4.69, 9.17) is 4.74 Å². The Morgan fingerprint density at radius 1 is 1.29 bits per heavy atom. The monoisotopic (exact) mass is 300 g/mol. The maximum Gasteiger partial charge on any atom is 0.223 e. The van der Waals surface area contributed by atoms with Gasteiger partial charge in [-0.1, -0.05) is 12.8 Å². The molecule has 122 valence electrons. The van der Waals surface area contributed by atoms with Crippen molar-refractivity contribution in [3.05, 3.63) is 0 Å². The summed E-state index contributed by atoms with van der Waals surface area (Å²) in [5.74, 6) is 0.0228. The number of hydrogen-bond donors (Lipinski definition) is 3. The van der Waals surface area contributed by atoms with Crippen molar-refractivity contribution >= 4 is 11.8 Å². The quantitative estimate of drug-likeness (QED) is 0.581. The number of nitrogens with one attached hydrogen (secondary N) is 2. The molecule has 1 aliphatic rings. The van der Waals surface area contributed by atoms with Gasteiger partial charge in [-0.2, -0.15) is 0 Å². The average molecular weight is 300 g/mol. The van der Waals surface area contributed by atoms with E-state index in [0.717, 1.165) is 25.7 Å². The molecule has 2 amide bonds. The van der Waals surface area contributed by atoms with Crippen molar-refractivity contribution in [2.24, 2.45) is 5.92 Å². The summed E-state index contributed by atoms with van der Waals surface area (Å²) in [4.78, 5) is 23.4. The number of methoxy groups -OCH3 is 1. The summed E-state index contributed by atoms with van der Waals surface area (Å²) in [5, 5.41) is 15.5. The number of ether oxygens (including phenoxy) is 1. The number of amides is 2. The molecule has 6 heteroatoms. The first kappa shape index (κ1) is 17.9.